The molecule has 1 saturated carbocycles. The average Bonchev–Trinajstić information content (AvgIpc) is 3.38. The molecule has 1 fully saturated rings. The lowest BCUT2D eigenvalue weighted by Gasteiger charge is -2.20. The smallest absolute Gasteiger partial charge is 0.262 e. The quantitative estimate of drug-likeness (QED) is 0.691. The van der Waals surface area contributed by atoms with Crippen molar-refractivity contribution in [2.75, 3.05) is 11.9 Å². The Morgan fingerprint density at radius 3 is 2.75 bits per heavy atom. The van der Waals surface area contributed by atoms with Gasteiger partial charge in [0.25, 0.3) is 5.91 Å². The molecule has 0 unspecified atom stereocenters. The Morgan fingerprint density at radius 2 is 1.93 bits per heavy atom. The van der Waals surface area contributed by atoms with E-state index < -0.39 is 0 Å². The first-order valence-corrected chi connectivity index (χ1v) is 10.5. The van der Waals surface area contributed by atoms with Gasteiger partial charge in [-0.2, -0.15) is 0 Å². The summed E-state index contributed by atoms with van der Waals surface area (Å²) in [6, 6.07) is 16.6. The van der Waals surface area contributed by atoms with E-state index in [2.05, 4.69) is 21.3 Å². The molecule has 0 saturated heterocycles. The molecule has 2 aliphatic rings. The van der Waals surface area contributed by atoms with Crippen molar-refractivity contribution < 1.29 is 9.53 Å². The molecule has 1 aliphatic heterocycles. The number of aromatic nitrogens is 1. The summed E-state index contributed by atoms with van der Waals surface area (Å²) in [6.07, 6.45) is 4.87. The Hall–Kier alpha value is -2.86. The molecule has 5 nitrogen and oxygen atoms in total. The van der Waals surface area contributed by atoms with Crippen molar-refractivity contribution in [1.82, 2.24) is 4.57 Å². The Morgan fingerprint density at radius 1 is 1.11 bits per heavy atom. The SMILES string of the molecule is O=C1COc2ccc(-c3csc(=Nc4ccccc4)n3C3CCCC3)cc2N1. The van der Waals surface area contributed by atoms with E-state index in [1.165, 1.54) is 25.7 Å². The van der Waals surface area contributed by atoms with E-state index in [9.17, 15) is 4.79 Å². The van der Waals surface area contributed by atoms with Crippen LogP contribution in [0.3, 0.4) is 0 Å². The minimum atomic E-state index is -0.113. The Labute approximate surface area is 167 Å². The number of nitrogens with one attached hydrogen (secondary N) is 1. The molecule has 0 radical (unpaired) electrons. The van der Waals surface area contributed by atoms with Gasteiger partial charge in [-0.25, -0.2) is 4.99 Å². The fraction of sp³-hybridized carbons (Fsp3) is 0.273. The largest absolute Gasteiger partial charge is 0.482 e. The van der Waals surface area contributed by atoms with Gasteiger partial charge in [0, 0.05) is 17.0 Å². The first-order valence-electron chi connectivity index (χ1n) is 9.65. The minimum absolute atomic E-state index is 0.0764. The van der Waals surface area contributed by atoms with Gasteiger partial charge in [0.05, 0.1) is 17.1 Å². The lowest BCUT2D eigenvalue weighted by atomic mass is 10.1. The van der Waals surface area contributed by atoms with E-state index in [4.69, 9.17) is 9.73 Å². The highest BCUT2D eigenvalue weighted by Gasteiger charge is 2.23. The third-order valence-corrected chi connectivity index (χ3v) is 6.16. The third kappa shape index (κ3) is 3.24. The molecule has 3 aromatic rings. The summed E-state index contributed by atoms with van der Waals surface area (Å²) in [7, 11) is 0. The lowest BCUT2D eigenvalue weighted by Crippen LogP contribution is -2.25. The number of amides is 1. The van der Waals surface area contributed by atoms with Crippen LogP contribution in [-0.2, 0) is 4.79 Å². The Balaban J connectivity index is 1.63. The van der Waals surface area contributed by atoms with Crippen molar-refractivity contribution >= 4 is 28.6 Å². The summed E-state index contributed by atoms with van der Waals surface area (Å²) in [4.78, 5) is 17.6. The van der Waals surface area contributed by atoms with Crippen LogP contribution in [0.15, 0.2) is 58.9 Å². The number of carbonyl (C=O) groups is 1. The van der Waals surface area contributed by atoms with Crippen LogP contribution in [0.1, 0.15) is 31.7 Å². The van der Waals surface area contributed by atoms with E-state index in [1.54, 1.807) is 11.3 Å². The molecule has 1 aromatic heterocycles. The molecule has 1 amide bonds. The number of carbonyl (C=O) groups excluding carboxylic acids is 1. The molecule has 2 heterocycles. The molecule has 1 aliphatic carbocycles. The van der Waals surface area contributed by atoms with Gasteiger partial charge in [-0.05, 0) is 43.2 Å². The summed E-state index contributed by atoms with van der Waals surface area (Å²) in [5.74, 6) is 0.610. The van der Waals surface area contributed by atoms with Crippen LogP contribution < -0.4 is 14.9 Å². The van der Waals surface area contributed by atoms with Gasteiger partial charge in [0.1, 0.15) is 5.75 Å². The molecule has 1 N–H and O–H groups in total. The van der Waals surface area contributed by atoms with Gasteiger partial charge < -0.3 is 14.6 Å². The standard InChI is InChI=1S/C22H21N3O2S/c26-21-13-27-20-11-10-15(12-18(20)24-21)19-14-28-22(23-16-6-2-1-3-7-16)25(19)17-8-4-5-9-17/h1-3,6-7,10-12,14,17H,4-5,8-9,13H2,(H,24,26). The maximum atomic E-state index is 11.7. The predicted octanol–water partition coefficient (Wildman–Crippen LogP) is 4.90. The molecule has 0 spiro atoms. The number of anilines is 1. The monoisotopic (exact) mass is 391 g/mol. The molecule has 0 bridgehead atoms. The van der Waals surface area contributed by atoms with Crippen molar-refractivity contribution in [3.63, 3.8) is 0 Å². The maximum absolute atomic E-state index is 11.7. The normalized spacial score (nSPS) is 17.3. The lowest BCUT2D eigenvalue weighted by molar-refractivity contribution is -0.118. The number of fused-ring (bicyclic) bond motifs is 1. The van der Waals surface area contributed by atoms with Gasteiger partial charge in [-0.3, -0.25) is 4.79 Å². The number of nitrogens with zero attached hydrogens (tertiary/aromatic N) is 2. The zero-order valence-electron chi connectivity index (χ0n) is 15.4. The van der Waals surface area contributed by atoms with Gasteiger partial charge in [0.15, 0.2) is 11.4 Å². The molecule has 6 heteroatoms. The first kappa shape index (κ1) is 17.3. The number of hydrogen-bond acceptors (Lipinski definition) is 4. The second-order valence-electron chi connectivity index (χ2n) is 7.21. The van der Waals surface area contributed by atoms with E-state index in [0.717, 1.165) is 33.2 Å². The van der Waals surface area contributed by atoms with Crippen LogP contribution >= 0.6 is 11.3 Å². The molecule has 5 rings (SSSR count). The van der Waals surface area contributed by atoms with Crippen molar-refractivity contribution in [3.05, 3.63) is 58.7 Å². The van der Waals surface area contributed by atoms with Crippen LogP contribution in [0.5, 0.6) is 5.75 Å². The van der Waals surface area contributed by atoms with Gasteiger partial charge in [-0.15, -0.1) is 11.3 Å². The molecule has 2 aromatic carbocycles. The van der Waals surface area contributed by atoms with Crippen molar-refractivity contribution in [1.29, 1.82) is 0 Å². The zero-order chi connectivity index (χ0) is 18.9. The molecule has 0 atom stereocenters. The number of para-hydroxylation sites is 1. The highest BCUT2D eigenvalue weighted by atomic mass is 32.1. The van der Waals surface area contributed by atoms with Crippen molar-refractivity contribution in [3.8, 4) is 17.0 Å². The number of thiazole rings is 1. The van der Waals surface area contributed by atoms with Crippen molar-refractivity contribution in [2.45, 2.75) is 31.7 Å². The Bertz CT molecular complexity index is 1080. The Kier molecular flexibility index (Phi) is 4.49. The first-order chi connectivity index (χ1) is 13.8. The van der Waals surface area contributed by atoms with Gasteiger partial charge >= 0.3 is 0 Å². The summed E-state index contributed by atoms with van der Waals surface area (Å²) >= 11 is 1.67. The van der Waals surface area contributed by atoms with Crippen molar-refractivity contribution in [2.24, 2.45) is 4.99 Å². The third-order valence-electron chi connectivity index (χ3n) is 5.32. The highest BCUT2D eigenvalue weighted by Crippen LogP contribution is 2.37. The fourth-order valence-electron chi connectivity index (χ4n) is 3.98. The molecule has 142 valence electrons. The summed E-state index contributed by atoms with van der Waals surface area (Å²) in [5, 5.41) is 5.09. The predicted molar refractivity (Wildman–Crippen MR) is 111 cm³/mol. The summed E-state index contributed by atoms with van der Waals surface area (Å²) < 4.78 is 7.89. The second kappa shape index (κ2) is 7.28. The zero-order valence-corrected chi connectivity index (χ0v) is 16.2. The van der Waals surface area contributed by atoms with E-state index in [0.29, 0.717) is 6.04 Å². The topological polar surface area (TPSA) is 55.6 Å². The highest BCUT2D eigenvalue weighted by molar-refractivity contribution is 7.07. The van der Waals surface area contributed by atoms with Crippen LogP contribution in [0.25, 0.3) is 11.3 Å². The van der Waals surface area contributed by atoms with E-state index in [1.807, 2.05) is 42.5 Å². The maximum Gasteiger partial charge on any atom is 0.262 e. The number of rotatable bonds is 3. The van der Waals surface area contributed by atoms with Crippen LogP contribution in [0.4, 0.5) is 11.4 Å². The van der Waals surface area contributed by atoms with Gasteiger partial charge in [0.2, 0.25) is 0 Å². The van der Waals surface area contributed by atoms with Crippen LogP contribution in [0.2, 0.25) is 0 Å². The molecular weight excluding hydrogens is 370 g/mol. The number of hydrogen-bond donors (Lipinski definition) is 1. The van der Waals surface area contributed by atoms with Crippen LogP contribution in [-0.4, -0.2) is 17.1 Å². The summed E-state index contributed by atoms with van der Waals surface area (Å²) in [6.45, 7) is 0.0764. The molecule has 28 heavy (non-hydrogen) atoms. The summed E-state index contributed by atoms with van der Waals surface area (Å²) in [5.41, 5.74) is 3.92. The van der Waals surface area contributed by atoms with E-state index >= 15 is 0 Å². The fourth-order valence-corrected chi connectivity index (χ4v) is 4.97. The van der Waals surface area contributed by atoms with Gasteiger partial charge in [-0.1, -0.05) is 31.0 Å². The minimum Gasteiger partial charge on any atom is -0.482 e. The molecular formula is C22H21N3O2S. The number of benzene rings is 2. The van der Waals surface area contributed by atoms with E-state index in [-0.39, 0.29) is 12.5 Å². The number of ether oxygens (including phenoxy) is 1. The van der Waals surface area contributed by atoms with Crippen LogP contribution in [0, 0.1) is 0 Å². The average molecular weight is 391 g/mol. The second-order valence-corrected chi connectivity index (χ2v) is 8.04.